The summed E-state index contributed by atoms with van der Waals surface area (Å²) in [6.07, 6.45) is 1.44. The van der Waals surface area contributed by atoms with E-state index in [1.807, 2.05) is 32.0 Å². The van der Waals surface area contributed by atoms with Gasteiger partial charge in [-0.3, -0.25) is 24.2 Å². The first-order chi connectivity index (χ1) is 14.2. The van der Waals surface area contributed by atoms with Crippen LogP contribution in [-0.4, -0.2) is 43.6 Å². The molecule has 0 radical (unpaired) electrons. The standard InChI is InChI=1S/C20H19N3O4S3/c1-11-5-4-6-12(2)17(11)23(13(3)24)19-21-14(10-29-19)9-15-18(27)22(20(28)30-15)8-7-16(25)26/h4-6,9-10H,7-8H2,1-3H3,(H,25,26)/b15-9+. The first-order valence-electron chi connectivity index (χ1n) is 8.98. The highest BCUT2D eigenvalue weighted by Gasteiger charge is 2.32. The molecule has 2 amide bonds. The van der Waals surface area contributed by atoms with Crippen LogP contribution >= 0.6 is 35.3 Å². The number of aromatic nitrogens is 1. The van der Waals surface area contributed by atoms with Gasteiger partial charge in [-0.25, -0.2) is 4.98 Å². The number of carboxylic acids is 1. The molecule has 1 aromatic carbocycles. The molecule has 7 nitrogen and oxygen atoms in total. The number of nitrogens with zero attached hydrogens (tertiary/aromatic N) is 3. The van der Waals surface area contributed by atoms with E-state index in [4.69, 9.17) is 17.3 Å². The fraction of sp³-hybridized carbons (Fsp3) is 0.250. The maximum absolute atomic E-state index is 12.6. The average Bonchev–Trinajstić information content (AvgIpc) is 3.21. The number of thiazole rings is 1. The lowest BCUT2D eigenvalue weighted by atomic mass is 10.1. The summed E-state index contributed by atoms with van der Waals surface area (Å²) >= 11 is 7.62. The van der Waals surface area contributed by atoms with E-state index >= 15 is 0 Å². The van der Waals surface area contributed by atoms with Crippen LogP contribution in [0.4, 0.5) is 10.8 Å². The summed E-state index contributed by atoms with van der Waals surface area (Å²) in [5.41, 5.74) is 3.25. The number of thiocarbonyl (C=S) groups is 1. The van der Waals surface area contributed by atoms with Gasteiger partial charge in [0.15, 0.2) is 5.13 Å². The van der Waals surface area contributed by atoms with Gasteiger partial charge in [0.05, 0.1) is 22.7 Å². The molecule has 0 aliphatic carbocycles. The Kier molecular flexibility index (Phi) is 6.69. The van der Waals surface area contributed by atoms with Gasteiger partial charge in [-0.1, -0.05) is 42.2 Å². The molecule has 1 aromatic heterocycles. The molecule has 1 aliphatic rings. The molecule has 1 N–H and O–H groups in total. The predicted molar refractivity (Wildman–Crippen MR) is 123 cm³/mol. The van der Waals surface area contributed by atoms with Crippen LogP contribution in [0.25, 0.3) is 6.08 Å². The van der Waals surface area contributed by atoms with Gasteiger partial charge in [0.25, 0.3) is 5.91 Å². The first kappa shape index (κ1) is 22.1. The van der Waals surface area contributed by atoms with Crippen LogP contribution in [0.5, 0.6) is 0 Å². The quantitative estimate of drug-likeness (QED) is 0.511. The fourth-order valence-electron chi connectivity index (χ4n) is 3.03. The maximum atomic E-state index is 12.6. The van der Waals surface area contributed by atoms with Crippen LogP contribution in [0.15, 0.2) is 28.5 Å². The number of anilines is 2. The minimum absolute atomic E-state index is 0.0321. The number of carboxylic acid groups (broad SMARTS) is 1. The topological polar surface area (TPSA) is 90.8 Å². The number of hydrogen-bond acceptors (Lipinski definition) is 7. The van der Waals surface area contributed by atoms with Gasteiger partial charge in [0.2, 0.25) is 5.91 Å². The fourth-order valence-corrected chi connectivity index (χ4v) is 5.15. The predicted octanol–water partition coefficient (Wildman–Crippen LogP) is 4.12. The molecule has 0 atom stereocenters. The first-order valence-corrected chi connectivity index (χ1v) is 11.1. The van der Waals surface area contributed by atoms with Gasteiger partial charge in [-0.2, -0.15) is 0 Å². The molecule has 0 unspecified atom stereocenters. The molecular weight excluding hydrogens is 442 g/mol. The molecule has 10 heteroatoms. The number of carbonyl (C=O) groups is 3. The Labute approximate surface area is 187 Å². The molecule has 2 heterocycles. The Morgan fingerprint density at radius 1 is 1.30 bits per heavy atom. The van der Waals surface area contributed by atoms with E-state index in [2.05, 4.69) is 4.98 Å². The number of carbonyl (C=O) groups excluding carboxylic acids is 2. The summed E-state index contributed by atoms with van der Waals surface area (Å²) in [5, 5.41) is 11.1. The second kappa shape index (κ2) is 9.07. The van der Waals surface area contributed by atoms with E-state index in [0.29, 0.717) is 20.1 Å². The van der Waals surface area contributed by atoms with E-state index in [0.717, 1.165) is 28.6 Å². The minimum atomic E-state index is -0.993. The molecule has 3 rings (SSSR count). The zero-order valence-electron chi connectivity index (χ0n) is 16.5. The van der Waals surface area contributed by atoms with Gasteiger partial charge < -0.3 is 5.11 Å². The zero-order chi connectivity index (χ0) is 22.0. The smallest absolute Gasteiger partial charge is 0.305 e. The highest BCUT2D eigenvalue weighted by molar-refractivity contribution is 8.26. The van der Waals surface area contributed by atoms with Gasteiger partial charge in [-0.15, -0.1) is 11.3 Å². The number of aryl methyl sites for hydroxylation is 2. The number of aliphatic carboxylic acids is 1. The lowest BCUT2D eigenvalue weighted by molar-refractivity contribution is -0.137. The van der Waals surface area contributed by atoms with Crippen molar-refractivity contribution in [1.82, 2.24) is 9.88 Å². The highest BCUT2D eigenvalue weighted by atomic mass is 32.2. The number of thioether (sulfide) groups is 1. The molecule has 30 heavy (non-hydrogen) atoms. The van der Waals surface area contributed by atoms with Gasteiger partial charge in [0.1, 0.15) is 4.32 Å². The van der Waals surface area contributed by atoms with Crippen molar-refractivity contribution < 1.29 is 19.5 Å². The molecule has 1 aliphatic heterocycles. The maximum Gasteiger partial charge on any atom is 0.305 e. The van der Waals surface area contributed by atoms with E-state index < -0.39 is 5.97 Å². The summed E-state index contributed by atoms with van der Waals surface area (Å²) in [5.74, 6) is -1.49. The lowest BCUT2D eigenvalue weighted by Crippen LogP contribution is -2.30. The summed E-state index contributed by atoms with van der Waals surface area (Å²) in [4.78, 5) is 43.5. The van der Waals surface area contributed by atoms with Crippen molar-refractivity contribution in [2.75, 3.05) is 11.4 Å². The van der Waals surface area contributed by atoms with Crippen LogP contribution < -0.4 is 4.90 Å². The summed E-state index contributed by atoms with van der Waals surface area (Å²) in [6.45, 7) is 5.40. The summed E-state index contributed by atoms with van der Waals surface area (Å²) in [6, 6.07) is 5.82. The lowest BCUT2D eigenvalue weighted by Gasteiger charge is -2.22. The molecule has 0 bridgehead atoms. The van der Waals surface area contributed by atoms with E-state index in [1.165, 1.54) is 23.2 Å². The Hall–Kier alpha value is -2.56. The monoisotopic (exact) mass is 461 g/mol. The number of hydrogen-bond donors (Lipinski definition) is 1. The van der Waals surface area contributed by atoms with E-state index in [1.54, 1.807) is 16.4 Å². The largest absolute Gasteiger partial charge is 0.481 e. The molecule has 156 valence electrons. The Morgan fingerprint density at radius 3 is 2.57 bits per heavy atom. The Balaban J connectivity index is 1.88. The van der Waals surface area contributed by atoms with Crippen molar-refractivity contribution in [3.05, 3.63) is 45.3 Å². The Bertz CT molecular complexity index is 1060. The number of benzene rings is 1. The highest BCUT2D eigenvalue weighted by Crippen LogP contribution is 2.36. The molecule has 1 fully saturated rings. The average molecular weight is 462 g/mol. The Morgan fingerprint density at radius 2 is 1.97 bits per heavy atom. The van der Waals surface area contributed by atoms with Crippen LogP contribution in [0.3, 0.4) is 0 Å². The third-order valence-electron chi connectivity index (χ3n) is 4.38. The molecule has 2 aromatic rings. The number of rotatable bonds is 6. The molecule has 0 saturated carbocycles. The van der Waals surface area contributed by atoms with Crippen LogP contribution in [-0.2, 0) is 14.4 Å². The third-order valence-corrected chi connectivity index (χ3v) is 6.60. The normalized spacial score (nSPS) is 15.2. The third kappa shape index (κ3) is 4.61. The van der Waals surface area contributed by atoms with Crippen molar-refractivity contribution in [2.45, 2.75) is 27.2 Å². The van der Waals surface area contributed by atoms with Crippen molar-refractivity contribution in [3.63, 3.8) is 0 Å². The zero-order valence-corrected chi connectivity index (χ0v) is 19.0. The van der Waals surface area contributed by atoms with Gasteiger partial charge in [-0.05, 0) is 31.1 Å². The molecule has 0 spiro atoms. The van der Waals surface area contributed by atoms with Crippen molar-refractivity contribution in [2.24, 2.45) is 0 Å². The van der Waals surface area contributed by atoms with Crippen molar-refractivity contribution >= 4 is 74.3 Å². The number of para-hydroxylation sites is 1. The second-order valence-electron chi connectivity index (χ2n) is 6.63. The van der Waals surface area contributed by atoms with Gasteiger partial charge >= 0.3 is 5.97 Å². The summed E-state index contributed by atoms with van der Waals surface area (Å²) < 4.78 is 0.323. The SMILES string of the molecule is CC(=O)N(c1nc(/C=C2/SC(=S)N(CCC(=O)O)C2=O)cs1)c1c(C)cccc1C. The van der Waals surface area contributed by atoms with Crippen LogP contribution in [0.1, 0.15) is 30.2 Å². The van der Waals surface area contributed by atoms with Gasteiger partial charge in [0, 0.05) is 18.8 Å². The van der Waals surface area contributed by atoms with E-state index in [9.17, 15) is 14.4 Å². The van der Waals surface area contributed by atoms with E-state index in [-0.39, 0.29) is 24.8 Å². The molecule has 1 saturated heterocycles. The number of amides is 2. The van der Waals surface area contributed by atoms with Crippen molar-refractivity contribution in [1.29, 1.82) is 0 Å². The summed E-state index contributed by atoms with van der Waals surface area (Å²) in [7, 11) is 0. The molecular formula is C20H19N3O4S3. The van der Waals surface area contributed by atoms with Crippen LogP contribution in [0, 0.1) is 13.8 Å². The van der Waals surface area contributed by atoms with Crippen molar-refractivity contribution in [3.8, 4) is 0 Å². The second-order valence-corrected chi connectivity index (χ2v) is 9.14. The van der Waals surface area contributed by atoms with Crippen LogP contribution in [0.2, 0.25) is 0 Å². The minimum Gasteiger partial charge on any atom is -0.481 e.